The van der Waals surface area contributed by atoms with Crippen LogP contribution in [0.25, 0.3) is 22.1 Å². The maximum Gasteiger partial charge on any atom is 0.287 e. The van der Waals surface area contributed by atoms with Gasteiger partial charge in [-0.1, -0.05) is 42.5 Å². The molecule has 3 aliphatic heterocycles. The van der Waals surface area contributed by atoms with Crippen LogP contribution in [-0.4, -0.2) is 36.5 Å². The lowest BCUT2D eigenvalue weighted by Crippen LogP contribution is -2.57. The molecule has 5 nitrogen and oxygen atoms in total. The molecular formula is C23H27Cl2N3O2. The molecule has 4 heterocycles. The van der Waals surface area contributed by atoms with Gasteiger partial charge in [0.15, 0.2) is 5.76 Å². The number of nitrogens with one attached hydrogen (secondary N) is 1. The van der Waals surface area contributed by atoms with Gasteiger partial charge < -0.3 is 20.4 Å². The van der Waals surface area contributed by atoms with E-state index in [4.69, 9.17) is 10.2 Å². The molecule has 3 N–H and O–H groups in total. The van der Waals surface area contributed by atoms with Crippen molar-refractivity contribution in [1.82, 2.24) is 10.2 Å². The maximum atomic E-state index is 12.9. The van der Waals surface area contributed by atoms with Crippen LogP contribution >= 0.6 is 24.8 Å². The van der Waals surface area contributed by atoms with Gasteiger partial charge in [0.2, 0.25) is 0 Å². The molecule has 1 amide bonds. The first-order chi connectivity index (χ1) is 13.7. The summed E-state index contributed by atoms with van der Waals surface area (Å²) in [5.41, 5.74) is 9.74. The molecule has 0 saturated carbocycles. The molecule has 6 rings (SSSR count). The van der Waals surface area contributed by atoms with Crippen molar-refractivity contribution in [2.45, 2.75) is 25.4 Å². The number of piperidine rings is 3. The fraction of sp³-hybridized carbons (Fsp3) is 0.348. The minimum atomic E-state index is -0.118. The van der Waals surface area contributed by atoms with E-state index in [2.05, 4.69) is 10.2 Å². The molecule has 3 saturated heterocycles. The molecule has 1 atom stereocenters. The number of hydrogen-bond acceptors (Lipinski definition) is 4. The number of rotatable bonds is 4. The van der Waals surface area contributed by atoms with Crippen LogP contribution < -0.4 is 11.1 Å². The summed E-state index contributed by atoms with van der Waals surface area (Å²) in [5.74, 6) is 0.849. The number of fused-ring (bicyclic) bond motifs is 4. The molecular weight excluding hydrogens is 421 g/mol. The lowest BCUT2D eigenvalue weighted by molar-refractivity contribution is 0.0607. The highest BCUT2D eigenvalue weighted by Gasteiger charge is 2.35. The molecule has 0 spiro atoms. The molecule has 2 bridgehead atoms. The summed E-state index contributed by atoms with van der Waals surface area (Å²) < 4.78 is 6.07. The van der Waals surface area contributed by atoms with Gasteiger partial charge in [0.1, 0.15) is 5.58 Å². The number of halogens is 2. The number of para-hydroxylation sites is 1. The fourth-order valence-electron chi connectivity index (χ4n) is 4.72. The van der Waals surface area contributed by atoms with Crippen LogP contribution in [0.5, 0.6) is 0 Å². The van der Waals surface area contributed by atoms with Crippen LogP contribution in [0.4, 0.5) is 0 Å². The van der Waals surface area contributed by atoms with Crippen LogP contribution in [0.3, 0.4) is 0 Å². The summed E-state index contributed by atoms with van der Waals surface area (Å²) in [6.07, 6.45) is 2.34. The predicted molar refractivity (Wildman–Crippen MR) is 124 cm³/mol. The topological polar surface area (TPSA) is 71.5 Å². The zero-order valence-electron chi connectivity index (χ0n) is 16.7. The third-order valence-electron chi connectivity index (χ3n) is 6.27. The molecule has 3 fully saturated rings. The lowest BCUT2D eigenvalue weighted by Gasteiger charge is -2.44. The van der Waals surface area contributed by atoms with Gasteiger partial charge in [0.05, 0.1) is 0 Å². The van der Waals surface area contributed by atoms with Gasteiger partial charge in [0, 0.05) is 30.1 Å². The first kappa shape index (κ1) is 22.6. The van der Waals surface area contributed by atoms with E-state index in [0.29, 0.717) is 18.2 Å². The highest BCUT2D eigenvalue weighted by Crippen LogP contribution is 2.33. The first-order valence-electron chi connectivity index (χ1n) is 10.1. The highest BCUT2D eigenvalue weighted by molar-refractivity contribution is 6.00. The molecule has 0 aliphatic carbocycles. The monoisotopic (exact) mass is 447 g/mol. The number of hydrogen-bond donors (Lipinski definition) is 2. The molecule has 3 aliphatic rings. The normalized spacial score (nSPS) is 22.2. The number of nitrogens with two attached hydrogens (primary N) is 1. The summed E-state index contributed by atoms with van der Waals surface area (Å²) >= 11 is 0. The van der Waals surface area contributed by atoms with Gasteiger partial charge in [0.25, 0.3) is 5.91 Å². The van der Waals surface area contributed by atoms with Gasteiger partial charge in [-0.3, -0.25) is 4.79 Å². The molecule has 2 aromatic carbocycles. The largest absolute Gasteiger partial charge is 0.450 e. The Bertz CT molecular complexity index is 1030. The van der Waals surface area contributed by atoms with Crippen LogP contribution in [0.2, 0.25) is 0 Å². The Morgan fingerprint density at radius 3 is 2.50 bits per heavy atom. The van der Waals surface area contributed by atoms with Crippen LogP contribution in [0, 0.1) is 5.92 Å². The molecule has 160 valence electrons. The van der Waals surface area contributed by atoms with Crippen molar-refractivity contribution in [3.05, 3.63) is 59.9 Å². The zero-order valence-corrected chi connectivity index (χ0v) is 18.3. The quantitative estimate of drug-likeness (QED) is 0.627. The SMILES string of the molecule is Cl.Cl.NCc1ccccc1-c1cccc2cc(C(=O)N[C@@H]3CN4CCC3CC4)oc12. The van der Waals surface area contributed by atoms with Gasteiger partial charge in [-0.2, -0.15) is 0 Å². The van der Waals surface area contributed by atoms with E-state index in [0.717, 1.165) is 47.3 Å². The Kier molecular flexibility index (Phi) is 7.09. The van der Waals surface area contributed by atoms with E-state index in [9.17, 15) is 4.79 Å². The smallest absolute Gasteiger partial charge is 0.287 e. The van der Waals surface area contributed by atoms with E-state index in [1.807, 2.05) is 48.5 Å². The molecule has 3 aromatic rings. The summed E-state index contributed by atoms with van der Waals surface area (Å²) in [7, 11) is 0. The first-order valence-corrected chi connectivity index (χ1v) is 10.1. The number of carbonyl (C=O) groups is 1. The van der Waals surface area contributed by atoms with Crippen molar-refractivity contribution in [3.63, 3.8) is 0 Å². The molecule has 7 heteroatoms. The summed E-state index contributed by atoms with van der Waals surface area (Å²) in [6, 6.07) is 16.1. The lowest BCUT2D eigenvalue weighted by atomic mass is 9.84. The van der Waals surface area contributed by atoms with E-state index < -0.39 is 0 Å². The van der Waals surface area contributed by atoms with Crippen molar-refractivity contribution in [2.75, 3.05) is 19.6 Å². The van der Waals surface area contributed by atoms with Crippen molar-refractivity contribution in [2.24, 2.45) is 11.7 Å². The Labute approximate surface area is 188 Å². The van der Waals surface area contributed by atoms with Crippen molar-refractivity contribution >= 4 is 41.7 Å². The van der Waals surface area contributed by atoms with E-state index in [1.165, 1.54) is 12.8 Å². The molecule has 1 aromatic heterocycles. The second kappa shape index (κ2) is 9.40. The van der Waals surface area contributed by atoms with Crippen molar-refractivity contribution in [1.29, 1.82) is 0 Å². The van der Waals surface area contributed by atoms with Crippen LogP contribution in [0.1, 0.15) is 29.0 Å². The van der Waals surface area contributed by atoms with E-state index >= 15 is 0 Å². The Balaban J connectivity index is 0.00000128. The van der Waals surface area contributed by atoms with Gasteiger partial charge in [-0.25, -0.2) is 0 Å². The third-order valence-corrected chi connectivity index (χ3v) is 6.27. The average Bonchev–Trinajstić information content (AvgIpc) is 3.19. The maximum absolute atomic E-state index is 12.9. The Morgan fingerprint density at radius 1 is 1.07 bits per heavy atom. The third kappa shape index (κ3) is 4.08. The minimum absolute atomic E-state index is 0. The van der Waals surface area contributed by atoms with Crippen LogP contribution in [0.15, 0.2) is 52.9 Å². The number of amides is 1. The standard InChI is InChI=1S/C23H25N3O2.2ClH/c24-13-17-4-1-2-6-18(17)19-7-3-5-16-12-21(28-22(16)19)23(27)25-20-14-26-10-8-15(20)9-11-26;;/h1-7,12,15,20H,8-11,13-14,24H2,(H,25,27);2*1H/t20-;;/m1../s1. The Morgan fingerprint density at radius 2 is 1.80 bits per heavy atom. The second-order valence-electron chi connectivity index (χ2n) is 7.91. The number of furan rings is 1. The summed E-state index contributed by atoms with van der Waals surface area (Å²) in [5, 5.41) is 4.15. The minimum Gasteiger partial charge on any atom is -0.450 e. The number of benzene rings is 2. The van der Waals surface area contributed by atoms with E-state index in [1.54, 1.807) is 0 Å². The number of carbonyl (C=O) groups excluding carboxylic acids is 1. The molecule has 0 unspecified atom stereocenters. The predicted octanol–water partition coefficient (Wildman–Crippen LogP) is 4.23. The van der Waals surface area contributed by atoms with E-state index in [-0.39, 0.29) is 36.8 Å². The summed E-state index contributed by atoms with van der Waals surface area (Å²) in [4.78, 5) is 15.3. The highest BCUT2D eigenvalue weighted by atomic mass is 35.5. The average molecular weight is 448 g/mol. The van der Waals surface area contributed by atoms with Crippen LogP contribution in [-0.2, 0) is 6.54 Å². The Hall–Kier alpha value is -2.05. The molecule has 30 heavy (non-hydrogen) atoms. The van der Waals surface area contributed by atoms with Gasteiger partial charge >= 0.3 is 0 Å². The van der Waals surface area contributed by atoms with Crippen molar-refractivity contribution < 1.29 is 9.21 Å². The second-order valence-corrected chi connectivity index (χ2v) is 7.91. The van der Waals surface area contributed by atoms with Gasteiger partial charge in [-0.05, 0) is 49.0 Å². The van der Waals surface area contributed by atoms with Crippen molar-refractivity contribution in [3.8, 4) is 11.1 Å². The number of nitrogens with zero attached hydrogens (tertiary/aromatic N) is 1. The zero-order chi connectivity index (χ0) is 19.1. The molecule has 0 radical (unpaired) electrons. The van der Waals surface area contributed by atoms with Gasteiger partial charge in [-0.15, -0.1) is 24.8 Å². The fourth-order valence-corrected chi connectivity index (χ4v) is 4.72. The summed E-state index contributed by atoms with van der Waals surface area (Å²) in [6.45, 7) is 3.73.